The van der Waals surface area contributed by atoms with Crippen molar-refractivity contribution in [1.29, 1.82) is 0 Å². The zero-order chi connectivity index (χ0) is 17.5. The van der Waals surface area contributed by atoms with Gasteiger partial charge in [0.05, 0.1) is 19.3 Å². The number of hydrogen-bond acceptors (Lipinski definition) is 4. The fraction of sp³-hybridized carbons (Fsp3) is 0.632. The molecule has 1 aliphatic carbocycles. The number of aliphatic hydroxyl groups is 1. The molecular weight excluding hydrogens is 318 g/mol. The average Bonchev–Trinajstić information content (AvgIpc) is 2.68. The van der Waals surface area contributed by atoms with Gasteiger partial charge < -0.3 is 25.4 Å². The number of carbonyl (C=O) groups is 1. The van der Waals surface area contributed by atoms with Crippen LogP contribution < -0.4 is 15.5 Å². The van der Waals surface area contributed by atoms with E-state index in [1.54, 1.807) is 0 Å². The van der Waals surface area contributed by atoms with Crippen LogP contribution >= 0.6 is 0 Å². The molecule has 0 bridgehead atoms. The van der Waals surface area contributed by atoms with E-state index in [2.05, 4.69) is 15.5 Å². The van der Waals surface area contributed by atoms with Crippen molar-refractivity contribution in [3.8, 4) is 0 Å². The van der Waals surface area contributed by atoms with Gasteiger partial charge in [0.2, 0.25) is 0 Å². The summed E-state index contributed by atoms with van der Waals surface area (Å²) in [6, 6.07) is 7.99. The molecule has 3 rings (SSSR count). The Balaban J connectivity index is 1.44. The number of hydrogen-bond donors (Lipinski definition) is 3. The Morgan fingerprint density at radius 3 is 2.52 bits per heavy atom. The van der Waals surface area contributed by atoms with Crippen molar-refractivity contribution in [2.24, 2.45) is 0 Å². The lowest BCUT2D eigenvalue weighted by Gasteiger charge is -2.29. The van der Waals surface area contributed by atoms with Gasteiger partial charge in [-0.1, -0.05) is 31.4 Å². The molecule has 6 nitrogen and oxygen atoms in total. The number of rotatable bonds is 5. The highest BCUT2D eigenvalue weighted by atomic mass is 16.5. The molecule has 2 amide bonds. The van der Waals surface area contributed by atoms with E-state index >= 15 is 0 Å². The van der Waals surface area contributed by atoms with Crippen molar-refractivity contribution >= 4 is 11.7 Å². The number of nitrogens with zero attached hydrogens (tertiary/aromatic N) is 1. The standard InChI is InChI=1S/C19H29N3O3/c23-18(14-20-19(24)21-16-4-2-1-3-5-16)15-6-8-17(9-7-15)22-10-12-25-13-11-22/h6-9,16,18,23H,1-5,10-14H2,(H2,20,21,24). The van der Waals surface area contributed by atoms with E-state index in [1.165, 1.54) is 19.3 Å². The molecule has 1 saturated heterocycles. The quantitative estimate of drug-likeness (QED) is 0.763. The predicted molar refractivity (Wildman–Crippen MR) is 97.8 cm³/mol. The molecule has 0 spiro atoms. The van der Waals surface area contributed by atoms with Crippen LogP contribution in [-0.4, -0.2) is 50.0 Å². The maximum atomic E-state index is 12.0. The second-order valence-electron chi connectivity index (χ2n) is 6.90. The van der Waals surface area contributed by atoms with E-state index in [0.29, 0.717) is 0 Å². The number of amides is 2. The summed E-state index contributed by atoms with van der Waals surface area (Å²) in [5, 5.41) is 16.1. The van der Waals surface area contributed by atoms with E-state index in [9.17, 15) is 9.90 Å². The van der Waals surface area contributed by atoms with Crippen LogP contribution in [0.3, 0.4) is 0 Å². The van der Waals surface area contributed by atoms with Gasteiger partial charge in [0.15, 0.2) is 0 Å². The summed E-state index contributed by atoms with van der Waals surface area (Å²) in [6.45, 7) is 3.51. The smallest absolute Gasteiger partial charge is 0.315 e. The molecule has 1 unspecified atom stereocenters. The number of benzene rings is 1. The van der Waals surface area contributed by atoms with Gasteiger partial charge in [0.25, 0.3) is 0 Å². The van der Waals surface area contributed by atoms with Gasteiger partial charge in [0.1, 0.15) is 0 Å². The third-order valence-electron chi connectivity index (χ3n) is 5.05. The molecule has 0 aromatic heterocycles. The number of nitrogens with one attached hydrogen (secondary N) is 2. The molecule has 2 aliphatic rings. The molecule has 25 heavy (non-hydrogen) atoms. The van der Waals surface area contributed by atoms with Crippen LogP contribution in [-0.2, 0) is 4.74 Å². The zero-order valence-corrected chi connectivity index (χ0v) is 14.7. The lowest BCUT2D eigenvalue weighted by Crippen LogP contribution is -2.44. The van der Waals surface area contributed by atoms with Crippen LogP contribution in [0.15, 0.2) is 24.3 Å². The van der Waals surface area contributed by atoms with Crippen molar-refractivity contribution in [2.75, 3.05) is 37.7 Å². The van der Waals surface area contributed by atoms with Crippen LogP contribution in [0.2, 0.25) is 0 Å². The van der Waals surface area contributed by atoms with Gasteiger partial charge in [0, 0.05) is 31.4 Å². The number of ether oxygens (including phenoxy) is 1. The van der Waals surface area contributed by atoms with Gasteiger partial charge in [-0.15, -0.1) is 0 Å². The number of urea groups is 1. The van der Waals surface area contributed by atoms with E-state index in [4.69, 9.17) is 4.74 Å². The molecule has 1 heterocycles. The minimum absolute atomic E-state index is 0.184. The van der Waals surface area contributed by atoms with Crippen molar-refractivity contribution in [1.82, 2.24) is 10.6 Å². The number of anilines is 1. The van der Waals surface area contributed by atoms with Crippen molar-refractivity contribution < 1.29 is 14.6 Å². The van der Waals surface area contributed by atoms with Crippen LogP contribution in [0.4, 0.5) is 10.5 Å². The minimum Gasteiger partial charge on any atom is -0.387 e. The first kappa shape index (κ1) is 18.0. The Kier molecular flexibility index (Phi) is 6.53. The largest absolute Gasteiger partial charge is 0.387 e. The molecule has 1 aromatic rings. The van der Waals surface area contributed by atoms with Crippen LogP contribution in [0.5, 0.6) is 0 Å². The second kappa shape index (κ2) is 9.06. The molecule has 6 heteroatoms. The molecule has 1 aliphatic heterocycles. The SMILES string of the molecule is O=C(NCC(O)c1ccc(N2CCOCC2)cc1)NC1CCCCC1. The van der Waals surface area contributed by atoms with E-state index in [0.717, 1.165) is 50.4 Å². The summed E-state index contributed by atoms with van der Waals surface area (Å²) in [5.74, 6) is 0. The third-order valence-corrected chi connectivity index (χ3v) is 5.05. The monoisotopic (exact) mass is 347 g/mol. The minimum atomic E-state index is -0.698. The van der Waals surface area contributed by atoms with Gasteiger partial charge >= 0.3 is 6.03 Å². The van der Waals surface area contributed by atoms with Crippen molar-refractivity contribution in [3.63, 3.8) is 0 Å². The molecule has 0 radical (unpaired) electrons. The molecule has 138 valence electrons. The fourth-order valence-electron chi connectivity index (χ4n) is 3.52. The first-order valence-corrected chi connectivity index (χ1v) is 9.37. The van der Waals surface area contributed by atoms with Gasteiger partial charge in [-0.25, -0.2) is 4.79 Å². The summed E-state index contributed by atoms with van der Waals surface area (Å²) < 4.78 is 5.36. The van der Waals surface area contributed by atoms with Crippen LogP contribution in [0, 0.1) is 0 Å². The average molecular weight is 347 g/mol. The summed E-state index contributed by atoms with van der Waals surface area (Å²) >= 11 is 0. The van der Waals surface area contributed by atoms with Crippen LogP contribution in [0.25, 0.3) is 0 Å². The number of carbonyl (C=O) groups excluding carboxylic acids is 1. The lowest BCUT2D eigenvalue weighted by molar-refractivity contribution is 0.122. The predicted octanol–water partition coefficient (Wildman–Crippen LogP) is 2.19. The summed E-state index contributed by atoms with van der Waals surface area (Å²) in [6.07, 6.45) is 5.04. The molecular formula is C19H29N3O3. The molecule has 1 atom stereocenters. The van der Waals surface area contributed by atoms with E-state index in [1.807, 2.05) is 24.3 Å². The van der Waals surface area contributed by atoms with Crippen molar-refractivity contribution in [2.45, 2.75) is 44.2 Å². The van der Waals surface area contributed by atoms with Crippen LogP contribution in [0.1, 0.15) is 43.8 Å². The molecule has 3 N–H and O–H groups in total. The van der Waals surface area contributed by atoms with Crippen molar-refractivity contribution in [3.05, 3.63) is 29.8 Å². The van der Waals surface area contributed by atoms with Gasteiger partial charge in [-0.2, -0.15) is 0 Å². The van der Waals surface area contributed by atoms with Gasteiger partial charge in [-0.3, -0.25) is 0 Å². The zero-order valence-electron chi connectivity index (χ0n) is 14.7. The molecule has 1 saturated carbocycles. The fourth-order valence-corrected chi connectivity index (χ4v) is 3.52. The highest BCUT2D eigenvalue weighted by Gasteiger charge is 2.17. The summed E-state index contributed by atoms with van der Waals surface area (Å²) in [7, 11) is 0. The molecule has 1 aromatic carbocycles. The molecule has 2 fully saturated rings. The third kappa shape index (κ3) is 5.34. The number of morpholine rings is 1. The first-order chi connectivity index (χ1) is 12.2. The Hall–Kier alpha value is -1.79. The Labute approximate surface area is 149 Å². The summed E-state index contributed by atoms with van der Waals surface area (Å²) in [5.41, 5.74) is 1.96. The normalized spacial score (nSPS) is 20.1. The highest BCUT2D eigenvalue weighted by Crippen LogP contribution is 2.20. The maximum absolute atomic E-state index is 12.0. The first-order valence-electron chi connectivity index (χ1n) is 9.37. The Bertz CT molecular complexity index is 537. The highest BCUT2D eigenvalue weighted by molar-refractivity contribution is 5.74. The Morgan fingerprint density at radius 2 is 1.84 bits per heavy atom. The van der Waals surface area contributed by atoms with E-state index in [-0.39, 0.29) is 18.6 Å². The maximum Gasteiger partial charge on any atom is 0.315 e. The van der Waals surface area contributed by atoms with Gasteiger partial charge in [-0.05, 0) is 30.5 Å². The van der Waals surface area contributed by atoms with E-state index < -0.39 is 6.10 Å². The Morgan fingerprint density at radius 1 is 1.16 bits per heavy atom. The topological polar surface area (TPSA) is 73.8 Å². The second-order valence-corrected chi connectivity index (χ2v) is 6.90. The summed E-state index contributed by atoms with van der Waals surface area (Å²) in [4.78, 5) is 14.2. The lowest BCUT2D eigenvalue weighted by atomic mass is 9.96. The number of aliphatic hydroxyl groups excluding tert-OH is 1.